The Morgan fingerprint density at radius 2 is 2.00 bits per heavy atom. The summed E-state index contributed by atoms with van der Waals surface area (Å²) >= 11 is 0. The number of hydrogen-bond donors (Lipinski definition) is 0. The van der Waals surface area contributed by atoms with Gasteiger partial charge in [0.15, 0.2) is 0 Å². The zero-order valence-electron chi connectivity index (χ0n) is 9.64. The summed E-state index contributed by atoms with van der Waals surface area (Å²) in [6.07, 6.45) is 5.33. The standard InChI is InChI=1S/C12H16N2O2/c1-12(2)8-3-10(12)9(5-13-6-15)11(4-8)14-7-16/h8-11H,3-5H2,1-2H3. The maximum atomic E-state index is 10.4. The van der Waals surface area contributed by atoms with E-state index in [-0.39, 0.29) is 12.0 Å². The van der Waals surface area contributed by atoms with E-state index in [0.717, 1.165) is 6.42 Å². The van der Waals surface area contributed by atoms with Crippen LogP contribution in [-0.4, -0.2) is 24.7 Å². The van der Waals surface area contributed by atoms with Gasteiger partial charge in [-0.15, -0.1) is 0 Å². The fraction of sp³-hybridized carbons (Fsp3) is 0.833. The fourth-order valence-electron chi connectivity index (χ4n) is 3.52. The normalized spacial score (nSPS) is 38.9. The average molecular weight is 220 g/mol. The van der Waals surface area contributed by atoms with E-state index in [0.29, 0.717) is 23.8 Å². The molecule has 4 atom stereocenters. The molecule has 3 fully saturated rings. The minimum atomic E-state index is 0.00590. The third-order valence-corrected chi connectivity index (χ3v) is 4.67. The minimum absolute atomic E-state index is 0.00590. The predicted molar refractivity (Wildman–Crippen MR) is 58.4 cm³/mol. The Morgan fingerprint density at radius 1 is 1.25 bits per heavy atom. The van der Waals surface area contributed by atoms with Crippen LogP contribution in [0, 0.1) is 23.2 Å². The summed E-state index contributed by atoms with van der Waals surface area (Å²) in [7, 11) is 0. The summed E-state index contributed by atoms with van der Waals surface area (Å²) in [6.45, 7) is 4.95. The number of rotatable bonds is 3. The van der Waals surface area contributed by atoms with Crippen LogP contribution in [0.4, 0.5) is 0 Å². The number of fused-ring (bicyclic) bond motifs is 2. The molecule has 4 unspecified atom stereocenters. The van der Waals surface area contributed by atoms with Gasteiger partial charge >= 0.3 is 0 Å². The van der Waals surface area contributed by atoms with Crippen LogP contribution in [0.25, 0.3) is 0 Å². The van der Waals surface area contributed by atoms with Crippen LogP contribution in [0.3, 0.4) is 0 Å². The molecule has 0 saturated heterocycles. The molecule has 0 aromatic rings. The van der Waals surface area contributed by atoms with E-state index in [2.05, 4.69) is 23.8 Å². The summed E-state index contributed by atoms with van der Waals surface area (Å²) in [5, 5.41) is 0. The molecule has 4 heteroatoms. The zero-order chi connectivity index (χ0) is 11.8. The highest BCUT2D eigenvalue weighted by Gasteiger charge is 2.57. The second-order valence-electron chi connectivity index (χ2n) is 5.48. The lowest BCUT2D eigenvalue weighted by Crippen LogP contribution is -2.57. The second-order valence-corrected chi connectivity index (χ2v) is 5.48. The van der Waals surface area contributed by atoms with Gasteiger partial charge in [-0.2, -0.15) is 0 Å². The molecule has 0 amide bonds. The lowest BCUT2D eigenvalue weighted by Gasteiger charge is -2.61. The van der Waals surface area contributed by atoms with Crippen LogP contribution in [0.1, 0.15) is 26.7 Å². The molecule has 0 aromatic heterocycles. The largest absolute Gasteiger partial charge is 0.235 e. The van der Waals surface area contributed by atoms with Gasteiger partial charge in [0.2, 0.25) is 12.2 Å². The van der Waals surface area contributed by atoms with E-state index in [1.807, 2.05) is 0 Å². The number of carbonyl (C=O) groups excluding carboxylic acids is 2. The average Bonchev–Trinajstić information content (AvgIpc) is 2.27. The van der Waals surface area contributed by atoms with E-state index in [9.17, 15) is 9.59 Å². The maximum Gasteiger partial charge on any atom is 0.235 e. The molecule has 3 aliphatic carbocycles. The van der Waals surface area contributed by atoms with Gasteiger partial charge in [-0.3, -0.25) is 0 Å². The van der Waals surface area contributed by atoms with E-state index in [1.165, 1.54) is 6.42 Å². The van der Waals surface area contributed by atoms with Crippen molar-refractivity contribution in [2.24, 2.45) is 33.2 Å². The number of aliphatic imine (C=N–C) groups is 2. The molecule has 2 bridgehead atoms. The number of hydrogen-bond acceptors (Lipinski definition) is 4. The summed E-state index contributed by atoms with van der Waals surface area (Å²) in [6, 6.07) is 0.00590. The smallest absolute Gasteiger partial charge is 0.211 e. The Balaban J connectivity index is 2.19. The van der Waals surface area contributed by atoms with Gasteiger partial charge in [-0.1, -0.05) is 13.8 Å². The minimum Gasteiger partial charge on any atom is -0.211 e. The topological polar surface area (TPSA) is 58.9 Å². The highest BCUT2D eigenvalue weighted by molar-refractivity contribution is 5.35. The van der Waals surface area contributed by atoms with Crippen LogP contribution in [0.2, 0.25) is 0 Å². The molecule has 0 aliphatic heterocycles. The molecular formula is C12H16N2O2. The summed E-state index contributed by atoms with van der Waals surface area (Å²) in [5.74, 6) is 1.38. The molecule has 0 spiro atoms. The van der Waals surface area contributed by atoms with Gasteiger partial charge in [0.05, 0.1) is 12.6 Å². The number of isocyanates is 2. The van der Waals surface area contributed by atoms with E-state index >= 15 is 0 Å². The molecule has 16 heavy (non-hydrogen) atoms. The second kappa shape index (κ2) is 3.97. The molecule has 3 rings (SSSR count). The first kappa shape index (κ1) is 11.3. The quantitative estimate of drug-likeness (QED) is 0.537. The highest BCUT2D eigenvalue weighted by Crippen LogP contribution is 2.61. The van der Waals surface area contributed by atoms with Crippen LogP contribution in [-0.2, 0) is 9.59 Å². The lowest BCUT2D eigenvalue weighted by atomic mass is 9.44. The summed E-state index contributed by atoms with van der Waals surface area (Å²) < 4.78 is 0. The molecule has 3 saturated carbocycles. The molecular weight excluding hydrogens is 204 g/mol. The van der Waals surface area contributed by atoms with Crippen molar-refractivity contribution in [3.8, 4) is 0 Å². The zero-order valence-corrected chi connectivity index (χ0v) is 9.64. The van der Waals surface area contributed by atoms with Gasteiger partial charge in [-0.25, -0.2) is 19.6 Å². The lowest BCUT2D eigenvalue weighted by molar-refractivity contribution is -0.110. The molecule has 0 aromatic carbocycles. The van der Waals surface area contributed by atoms with E-state index in [4.69, 9.17) is 0 Å². The maximum absolute atomic E-state index is 10.4. The van der Waals surface area contributed by atoms with Gasteiger partial charge < -0.3 is 0 Å². The van der Waals surface area contributed by atoms with Crippen molar-refractivity contribution in [3.05, 3.63) is 0 Å². The molecule has 0 N–H and O–H groups in total. The molecule has 86 valence electrons. The first-order valence-electron chi connectivity index (χ1n) is 5.72. The van der Waals surface area contributed by atoms with Crippen molar-refractivity contribution in [2.75, 3.05) is 6.54 Å². The Hall–Kier alpha value is -1.24. The van der Waals surface area contributed by atoms with Crippen molar-refractivity contribution in [1.82, 2.24) is 0 Å². The molecule has 3 aliphatic rings. The third-order valence-electron chi connectivity index (χ3n) is 4.67. The van der Waals surface area contributed by atoms with Gasteiger partial charge in [0.1, 0.15) is 0 Å². The van der Waals surface area contributed by atoms with Crippen molar-refractivity contribution in [3.63, 3.8) is 0 Å². The van der Waals surface area contributed by atoms with Crippen LogP contribution < -0.4 is 0 Å². The van der Waals surface area contributed by atoms with E-state index < -0.39 is 0 Å². The first-order chi connectivity index (χ1) is 7.61. The SMILES string of the molecule is CC1(C)C2CC(N=C=O)C(CN=C=O)C1C2. The van der Waals surface area contributed by atoms with Gasteiger partial charge in [-0.05, 0) is 30.1 Å². The monoisotopic (exact) mass is 220 g/mol. The summed E-state index contributed by atoms with van der Waals surface area (Å²) in [5.41, 5.74) is 0.304. The third kappa shape index (κ3) is 1.55. The van der Waals surface area contributed by atoms with Gasteiger partial charge in [0.25, 0.3) is 0 Å². The Bertz CT molecular complexity index is 378. The summed E-state index contributed by atoms with van der Waals surface area (Å²) in [4.78, 5) is 28.1. The van der Waals surface area contributed by atoms with Crippen molar-refractivity contribution < 1.29 is 9.59 Å². The van der Waals surface area contributed by atoms with Crippen LogP contribution in [0.5, 0.6) is 0 Å². The molecule has 0 heterocycles. The van der Waals surface area contributed by atoms with Crippen LogP contribution >= 0.6 is 0 Å². The van der Waals surface area contributed by atoms with Crippen molar-refractivity contribution in [2.45, 2.75) is 32.7 Å². The highest BCUT2D eigenvalue weighted by atomic mass is 16.1. The Morgan fingerprint density at radius 3 is 2.56 bits per heavy atom. The molecule has 4 nitrogen and oxygen atoms in total. The fourth-order valence-corrected chi connectivity index (χ4v) is 3.52. The molecule has 0 radical (unpaired) electrons. The van der Waals surface area contributed by atoms with Crippen molar-refractivity contribution >= 4 is 12.2 Å². The van der Waals surface area contributed by atoms with Gasteiger partial charge in [0, 0.05) is 5.92 Å². The Labute approximate surface area is 94.9 Å². The number of nitrogens with zero attached hydrogens (tertiary/aromatic N) is 2. The predicted octanol–water partition coefficient (Wildman–Crippen LogP) is 1.71. The Kier molecular flexibility index (Phi) is 2.79. The van der Waals surface area contributed by atoms with Crippen LogP contribution in [0.15, 0.2) is 9.98 Å². The first-order valence-corrected chi connectivity index (χ1v) is 5.72. The van der Waals surface area contributed by atoms with Crippen molar-refractivity contribution in [1.29, 1.82) is 0 Å². The van der Waals surface area contributed by atoms with E-state index in [1.54, 1.807) is 12.2 Å².